The molecule has 1 aromatic heterocycles. The smallest absolute Gasteiger partial charge is 0.331 e. The summed E-state index contributed by atoms with van der Waals surface area (Å²) in [5.74, 6) is 0.571. The Kier molecular flexibility index (Phi) is 3.65. The van der Waals surface area contributed by atoms with Crippen LogP contribution in [0.4, 0.5) is 5.69 Å². The Hall–Kier alpha value is -2.57. The van der Waals surface area contributed by atoms with Gasteiger partial charge in [0.05, 0.1) is 14.2 Å². The monoisotopic (exact) mass is 262 g/mol. The maximum atomic E-state index is 5.74. The van der Waals surface area contributed by atoms with Gasteiger partial charge >= 0.3 is 18.0 Å². The van der Waals surface area contributed by atoms with Crippen molar-refractivity contribution in [3.63, 3.8) is 0 Å². The molecule has 1 heterocycles. The van der Waals surface area contributed by atoms with Crippen LogP contribution in [0.5, 0.6) is 23.8 Å². The summed E-state index contributed by atoms with van der Waals surface area (Å²) < 4.78 is 15.4. The highest BCUT2D eigenvalue weighted by atomic mass is 16.5. The van der Waals surface area contributed by atoms with Crippen molar-refractivity contribution in [3.8, 4) is 23.8 Å². The van der Waals surface area contributed by atoms with E-state index in [0.717, 1.165) is 5.56 Å². The van der Waals surface area contributed by atoms with Crippen LogP contribution in [0.15, 0.2) is 18.2 Å². The fraction of sp³-hybridized carbons (Fsp3) is 0.250. The standard InChI is InChI=1S/C12H14N4O3/c1-7-6-8(4-5-9(7)13)19-12-15-10(17-2)14-11(16-12)18-3/h4-6H,13H2,1-3H3. The summed E-state index contributed by atoms with van der Waals surface area (Å²) in [5, 5.41) is 0. The molecule has 0 bridgehead atoms. The molecule has 0 fully saturated rings. The quantitative estimate of drug-likeness (QED) is 0.836. The molecule has 0 aliphatic heterocycles. The molecule has 100 valence electrons. The van der Waals surface area contributed by atoms with E-state index in [1.807, 2.05) is 6.92 Å². The van der Waals surface area contributed by atoms with Crippen LogP contribution < -0.4 is 19.9 Å². The number of benzene rings is 1. The normalized spacial score (nSPS) is 10.1. The maximum absolute atomic E-state index is 5.74. The molecule has 0 aliphatic carbocycles. The van der Waals surface area contributed by atoms with Crippen molar-refractivity contribution in [2.45, 2.75) is 6.92 Å². The molecule has 0 saturated heterocycles. The second kappa shape index (κ2) is 5.38. The number of anilines is 1. The van der Waals surface area contributed by atoms with Gasteiger partial charge < -0.3 is 19.9 Å². The zero-order chi connectivity index (χ0) is 13.8. The van der Waals surface area contributed by atoms with E-state index in [2.05, 4.69) is 15.0 Å². The number of hydrogen-bond donors (Lipinski definition) is 1. The molecule has 2 N–H and O–H groups in total. The van der Waals surface area contributed by atoms with E-state index in [1.165, 1.54) is 14.2 Å². The van der Waals surface area contributed by atoms with E-state index in [0.29, 0.717) is 11.4 Å². The van der Waals surface area contributed by atoms with Gasteiger partial charge in [0.1, 0.15) is 5.75 Å². The average molecular weight is 262 g/mol. The summed E-state index contributed by atoms with van der Waals surface area (Å²) >= 11 is 0. The lowest BCUT2D eigenvalue weighted by molar-refractivity contribution is 0.320. The van der Waals surface area contributed by atoms with Gasteiger partial charge in [-0.25, -0.2) is 0 Å². The molecule has 0 spiro atoms. The fourth-order valence-corrected chi connectivity index (χ4v) is 1.37. The number of nitrogens with zero attached hydrogens (tertiary/aromatic N) is 3. The van der Waals surface area contributed by atoms with Gasteiger partial charge in [0, 0.05) is 5.69 Å². The van der Waals surface area contributed by atoms with Gasteiger partial charge in [0.15, 0.2) is 0 Å². The number of aryl methyl sites for hydroxylation is 1. The van der Waals surface area contributed by atoms with Crippen LogP contribution >= 0.6 is 0 Å². The molecule has 0 saturated carbocycles. The molecule has 1 aromatic carbocycles. The fourth-order valence-electron chi connectivity index (χ4n) is 1.37. The highest BCUT2D eigenvalue weighted by Gasteiger charge is 2.09. The highest BCUT2D eigenvalue weighted by molar-refractivity contribution is 5.49. The van der Waals surface area contributed by atoms with Crippen LogP contribution in [0.3, 0.4) is 0 Å². The Morgan fingerprint density at radius 1 is 0.947 bits per heavy atom. The Bertz CT molecular complexity index is 567. The lowest BCUT2D eigenvalue weighted by Crippen LogP contribution is -2.01. The summed E-state index contributed by atoms with van der Waals surface area (Å²) in [4.78, 5) is 11.8. The molecule has 0 aliphatic rings. The number of nitrogen functional groups attached to an aromatic ring is 1. The van der Waals surface area contributed by atoms with E-state index in [-0.39, 0.29) is 18.0 Å². The van der Waals surface area contributed by atoms with Gasteiger partial charge in [0.2, 0.25) is 0 Å². The van der Waals surface area contributed by atoms with Crippen LogP contribution in [0.2, 0.25) is 0 Å². The minimum atomic E-state index is 0.0906. The molecule has 0 radical (unpaired) electrons. The van der Waals surface area contributed by atoms with Crippen LogP contribution in [0.25, 0.3) is 0 Å². The zero-order valence-electron chi connectivity index (χ0n) is 10.9. The van der Waals surface area contributed by atoms with Crippen LogP contribution in [-0.4, -0.2) is 29.2 Å². The third-order valence-electron chi connectivity index (χ3n) is 2.39. The summed E-state index contributed by atoms with van der Waals surface area (Å²) in [6.07, 6.45) is 0. The predicted molar refractivity (Wildman–Crippen MR) is 68.6 cm³/mol. The third kappa shape index (κ3) is 3.01. The number of aromatic nitrogens is 3. The lowest BCUT2D eigenvalue weighted by atomic mass is 10.2. The van der Waals surface area contributed by atoms with E-state index in [9.17, 15) is 0 Å². The van der Waals surface area contributed by atoms with Crippen molar-refractivity contribution in [3.05, 3.63) is 23.8 Å². The van der Waals surface area contributed by atoms with E-state index in [4.69, 9.17) is 19.9 Å². The molecule has 0 unspecified atom stereocenters. The molecule has 2 rings (SSSR count). The van der Waals surface area contributed by atoms with E-state index < -0.39 is 0 Å². The molecule has 0 amide bonds. The minimum Gasteiger partial charge on any atom is -0.467 e. The van der Waals surface area contributed by atoms with Crippen LogP contribution in [0, 0.1) is 6.92 Å². The number of hydrogen-bond acceptors (Lipinski definition) is 7. The zero-order valence-corrected chi connectivity index (χ0v) is 10.9. The van der Waals surface area contributed by atoms with Gasteiger partial charge in [-0.2, -0.15) is 0 Å². The summed E-state index contributed by atoms with van der Waals surface area (Å²) in [5.41, 5.74) is 7.34. The number of rotatable bonds is 4. The Labute approximate surface area is 110 Å². The topological polar surface area (TPSA) is 92.4 Å². The molecule has 19 heavy (non-hydrogen) atoms. The van der Waals surface area contributed by atoms with Crippen molar-refractivity contribution in [1.29, 1.82) is 0 Å². The van der Waals surface area contributed by atoms with Gasteiger partial charge in [-0.15, -0.1) is 15.0 Å². The Morgan fingerprint density at radius 3 is 2.05 bits per heavy atom. The number of ether oxygens (including phenoxy) is 3. The second-order valence-electron chi connectivity index (χ2n) is 3.71. The second-order valence-corrected chi connectivity index (χ2v) is 3.71. The molecular formula is C12H14N4O3. The first kappa shape index (κ1) is 12.9. The van der Waals surface area contributed by atoms with E-state index in [1.54, 1.807) is 18.2 Å². The van der Waals surface area contributed by atoms with Crippen molar-refractivity contribution >= 4 is 5.69 Å². The third-order valence-corrected chi connectivity index (χ3v) is 2.39. The first-order valence-corrected chi connectivity index (χ1v) is 5.50. The van der Waals surface area contributed by atoms with Crippen molar-refractivity contribution in [2.24, 2.45) is 0 Å². The van der Waals surface area contributed by atoms with E-state index >= 15 is 0 Å². The largest absolute Gasteiger partial charge is 0.467 e. The van der Waals surface area contributed by atoms with Crippen LogP contribution in [-0.2, 0) is 0 Å². The summed E-state index contributed by atoms with van der Waals surface area (Å²) in [6, 6.07) is 5.60. The van der Waals surface area contributed by atoms with Gasteiger partial charge in [-0.05, 0) is 30.7 Å². The van der Waals surface area contributed by atoms with Gasteiger partial charge in [0.25, 0.3) is 0 Å². The van der Waals surface area contributed by atoms with Crippen LogP contribution in [0.1, 0.15) is 5.56 Å². The molecule has 0 atom stereocenters. The SMILES string of the molecule is COc1nc(OC)nc(Oc2ccc(N)c(C)c2)n1. The first-order valence-electron chi connectivity index (χ1n) is 5.50. The summed E-state index contributed by atoms with van der Waals surface area (Å²) in [6.45, 7) is 1.89. The highest BCUT2D eigenvalue weighted by Crippen LogP contribution is 2.24. The lowest BCUT2D eigenvalue weighted by Gasteiger charge is -2.07. The van der Waals surface area contributed by atoms with Crippen molar-refractivity contribution in [2.75, 3.05) is 20.0 Å². The molecule has 7 heteroatoms. The Morgan fingerprint density at radius 2 is 1.53 bits per heavy atom. The maximum Gasteiger partial charge on any atom is 0.331 e. The Balaban J connectivity index is 2.29. The van der Waals surface area contributed by atoms with Crippen molar-refractivity contribution < 1.29 is 14.2 Å². The van der Waals surface area contributed by atoms with Gasteiger partial charge in [-0.1, -0.05) is 0 Å². The molecule has 2 aromatic rings. The molecule has 7 nitrogen and oxygen atoms in total. The predicted octanol–water partition coefficient (Wildman–Crippen LogP) is 1.57. The number of nitrogens with two attached hydrogens (primary N) is 1. The summed E-state index contributed by atoms with van der Waals surface area (Å²) in [7, 11) is 2.90. The number of methoxy groups -OCH3 is 2. The average Bonchev–Trinajstić information content (AvgIpc) is 2.42. The molecular weight excluding hydrogens is 248 g/mol. The van der Waals surface area contributed by atoms with Gasteiger partial charge in [-0.3, -0.25) is 0 Å². The minimum absolute atomic E-state index is 0.0906. The first-order chi connectivity index (χ1) is 9.12. The van der Waals surface area contributed by atoms with Crippen molar-refractivity contribution in [1.82, 2.24) is 15.0 Å².